The molecule has 0 amide bonds. The summed E-state index contributed by atoms with van der Waals surface area (Å²) < 4.78 is 40.0. The Morgan fingerprint density at radius 1 is 1.23 bits per heavy atom. The van der Waals surface area contributed by atoms with Gasteiger partial charge in [-0.05, 0) is 49.9 Å². The van der Waals surface area contributed by atoms with Crippen LogP contribution in [0, 0.1) is 23.2 Å². The normalized spacial score (nSPS) is 36.7. The Morgan fingerprint density at radius 2 is 1.85 bits per heavy atom. The quantitative estimate of drug-likeness (QED) is 0.337. The highest BCUT2D eigenvalue weighted by Gasteiger charge is 2.59. The van der Waals surface area contributed by atoms with Crippen LogP contribution in [0.3, 0.4) is 0 Å². The lowest BCUT2D eigenvalue weighted by Gasteiger charge is -2.57. The zero-order valence-electron chi connectivity index (χ0n) is 14.5. The number of aliphatic hydroxyl groups is 1. The number of carbonyl (C=O) groups is 2. The second kappa shape index (κ2) is 7.46. The average molecular weight is 488 g/mol. The lowest BCUT2D eigenvalue weighted by Crippen LogP contribution is -2.57. The first-order chi connectivity index (χ1) is 12.1. The minimum absolute atomic E-state index is 0.0932. The van der Waals surface area contributed by atoms with Crippen LogP contribution >= 0.6 is 22.6 Å². The highest BCUT2D eigenvalue weighted by Crippen LogP contribution is 2.60. The van der Waals surface area contributed by atoms with Crippen LogP contribution in [-0.2, 0) is 19.0 Å². The zero-order chi connectivity index (χ0) is 19.1. The molecule has 26 heavy (non-hydrogen) atoms. The van der Waals surface area contributed by atoms with Gasteiger partial charge in [0.25, 0.3) is 0 Å². The molecule has 0 heterocycles. The lowest BCUT2D eigenvalue weighted by atomic mass is 9.48. The van der Waals surface area contributed by atoms with Gasteiger partial charge in [-0.2, -0.15) is 8.78 Å². The van der Waals surface area contributed by atoms with E-state index in [1.54, 1.807) is 0 Å². The van der Waals surface area contributed by atoms with Gasteiger partial charge in [-0.25, -0.2) is 4.79 Å². The standard InChI is InChI=1S/C17H23F2IO6/c1-16(18,19)25-8-12(7-24-15(20)23)26-14(22)17-4-9-2-10(5-17)13(21)11(3-9)6-17/h9-13,21H,2-8H2,1H3. The van der Waals surface area contributed by atoms with Crippen LogP contribution < -0.4 is 0 Å². The van der Waals surface area contributed by atoms with Crippen molar-refractivity contribution in [1.82, 2.24) is 0 Å². The number of alkyl halides is 2. The number of rotatable bonds is 7. The van der Waals surface area contributed by atoms with Crippen molar-refractivity contribution in [3.63, 3.8) is 0 Å². The third-order valence-corrected chi connectivity index (χ3v) is 6.15. The summed E-state index contributed by atoms with van der Waals surface area (Å²) in [6.45, 7) is -0.302. The fourth-order valence-corrected chi connectivity index (χ4v) is 5.22. The Morgan fingerprint density at radius 3 is 2.38 bits per heavy atom. The van der Waals surface area contributed by atoms with Gasteiger partial charge in [0.2, 0.25) is 0 Å². The van der Waals surface area contributed by atoms with E-state index in [-0.39, 0.29) is 24.5 Å². The van der Waals surface area contributed by atoms with Gasteiger partial charge in [0.15, 0.2) is 6.10 Å². The molecule has 0 aromatic heterocycles. The number of ether oxygens (including phenoxy) is 3. The van der Waals surface area contributed by atoms with E-state index in [2.05, 4.69) is 4.74 Å². The van der Waals surface area contributed by atoms with Gasteiger partial charge < -0.3 is 19.3 Å². The van der Waals surface area contributed by atoms with Gasteiger partial charge in [0, 0.05) is 6.92 Å². The van der Waals surface area contributed by atoms with Gasteiger partial charge in [0.1, 0.15) is 6.61 Å². The van der Waals surface area contributed by atoms with E-state index in [1.807, 2.05) is 0 Å². The lowest BCUT2D eigenvalue weighted by molar-refractivity contribution is -0.242. The van der Waals surface area contributed by atoms with Gasteiger partial charge in [-0.1, -0.05) is 0 Å². The van der Waals surface area contributed by atoms with Crippen molar-refractivity contribution >= 4 is 32.5 Å². The molecule has 0 spiro atoms. The summed E-state index contributed by atoms with van der Waals surface area (Å²) in [6.07, 6.45) is -1.16. The van der Waals surface area contributed by atoms with Crippen molar-refractivity contribution in [3.05, 3.63) is 0 Å². The van der Waals surface area contributed by atoms with Gasteiger partial charge in [-0.15, -0.1) is 0 Å². The Labute approximate surface area is 164 Å². The van der Waals surface area contributed by atoms with Gasteiger partial charge in [-0.3, -0.25) is 4.79 Å². The molecule has 148 valence electrons. The molecule has 9 heteroatoms. The molecule has 0 saturated heterocycles. The molecule has 4 saturated carbocycles. The Kier molecular flexibility index (Phi) is 5.79. The molecule has 0 aromatic carbocycles. The fraction of sp³-hybridized carbons (Fsp3) is 0.882. The van der Waals surface area contributed by atoms with Gasteiger partial charge in [0.05, 0.1) is 40.7 Å². The summed E-state index contributed by atoms with van der Waals surface area (Å²) in [5.41, 5.74) is -0.670. The predicted molar refractivity (Wildman–Crippen MR) is 93.8 cm³/mol. The van der Waals surface area contributed by atoms with Gasteiger partial charge >= 0.3 is 16.1 Å². The van der Waals surface area contributed by atoms with E-state index in [1.165, 1.54) is 22.6 Å². The molecule has 1 N–H and O–H groups in total. The number of esters is 1. The van der Waals surface area contributed by atoms with Crippen molar-refractivity contribution in [2.24, 2.45) is 23.2 Å². The molecule has 4 fully saturated rings. The second-order valence-electron chi connectivity index (χ2n) is 7.94. The van der Waals surface area contributed by atoms with Crippen LogP contribution in [0.2, 0.25) is 0 Å². The summed E-state index contributed by atoms with van der Waals surface area (Å²) in [4.78, 5) is 23.9. The maximum absolute atomic E-state index is 13.0. The minimum Gasteiger partial charge on any atom is -0.456 e. The molecule has 4 aliphatic carbocycles. The Bertz CT molecular complexity index is 550. The van der Waals surface area contributed by atoms with Crippen LogP contribution in [0.4, 0.5) is 13.6 Å². The van der Waals surface area contributed by atoms with E-state index >= 15 is 0 Å². The molecule has 3 atom stereocenters. The van der Waals surface area contributed by atoms with Crippen molar-refractivity contribution in [1.29, 1.82) is 0 Å². The number of halogens is 3. The summed E-state index contributed by atoms with van der Waals surface area (Å²) in [6, 6.07) is 0. The molecule has 3 unspecified atom stereocenters. The first-order valence-corrected chi connectivity index (χ1v) is 9.89. The first kappa shape index (κ1) is 20.2. The van der Waals surface area contributed by atoms with E-state index in [0.717, 1.165) is 12.8 Å². The molecule has 6 nitrogen and oxygen atoms in total. The SMILES string of the molecule is CC(F)(F)OCC(COC(=O)I)OC(=O)C12CC3CC(C1)C(O)C(C3)C2. The maximum atomic E-state index is 13.0. The van der Waals surface area contributed by atoms with E-state index in [9.17, 15) is 23.5 Å². The number of hydrogen-bond acceptors (Lipinski definition) is 6. The monoisotopic (exact) mass is 488 g/mol. The minimum atomic E-state index is -3.37. The third-order valence-electron chi connectivity index (χ3n) is 5.84. The molecular formula is C17H23F2IO6. The second-order valence-corrected chi connectivity index (χ2v) is 8.82. The Hall–Kier alpha value is -0.550. The molecule has 0 aliphatic heterocycles. The highest BCUT2D eigenvalue weighted by molar-refractivity contribution is 14.1. The number of aliphatic hydroxyl groups excluding tert-OH is 1. The maximum Gasteiger partial charge on any atom is 0.367 e. The molecule has 4 aliphatic rings. The molecule has 0 radical (unpaired) electrons. The molecule has 4 rings (SSSR count). The summed E-state index contributed by atoms with van der Waals surface area (Å²) in [5.74, 6) is 0.123. The van der Waals surface area contributed by atoms with Crippen molar-refractivity contribution in [2.75, 3.05) is 13.2 Å². The smallest absolute Gasteiger partial charge is 0.367 e. The van der Waals surface area contributed by atoms with E-state index in [4.69, 9.17) is 9.47 Å². The summed E-state index contributed by atoms with van der Waals surface area (Å²) >= 11 is 1.41. The molecule has 4 bridgehead atoms. The van der Waals surface area contributed by atoms with Crippen molar-refractivity contribution < 1.29 is 37.7 Å². The van der Waals surface area contributed by atoms with Crippen LogP contribution in [0.25, 0.3) is 0 Å². The van der Waals surface area contributed by atoms with Crippen LogP contribution in [0.1, 0.15) is 39.0 Å². The average Bonchev–Trinajstić information content (AvgIpc) is 2.53. The van der Waals surface area contributed by atoms with Crippen LogP contribution in [0.5, 0.6) is 0 Å². The van der Waals surface area contributed by atoms with Crippen molar-refractivity contribution in [2.45, 2.75) is 57.3 Å². The van der Waals surface area contributed by atoms with Crippen molar-refractivity contribution in [3.8, 4) is 0 Å². The highest BCUT2D eigenvalue weighted by atomic mass is 127. The summed E-state index contributed by atoms with van der Waals surface area (Å²) in [7, 11) is 0. The number of hydrogen-bond donors (Lipinski definition) is 1. The zero-order valence-corrected chi connectivity index (χ0v) is 16.6. The van der Waals surface area contributed by atoms with E-state index in [0.29, 0.717) is 32.1 Å². The first-order valence-electron chi connectivity index (χ1n) is 8.81. The predicted octanol–water partition coefficient (Wildman–Crippen LogP) is 3.29. The topological polar surface area (TPSA) is 82.1 Å². The summed E-state index contributed by atoms with van der Waals surface area (Å²) in [5, 5.41) is 10.3. The largest absolute Gasteiger partial charge is 0.456 e. The van der Waals surface area contributed by atoms with E-state index < -0.39 is 34.2 Å². The number of carbonyl (C=O) groups excluding carboxylic acids is 2. The van der Waals surface area contributed by atoms with Crippen LogP contribution in [-0.4, -0.2) is 46.6 Å². The molecule has 0 aromatic rings. The Balaban J connectivity index is 1.66. The fourth-order valence-electron chi connectivity index (χ4n) is 5.04. The van der Waals surface area contributed by atoms with Crippen LogP contribution in [0.15, 0.2) is 0 Å². The third kappa shape index (κ3) is 4.46. The molecular weight excluding hydrogens is 465 g/mol.